The van der Waals surface area contributed by atoms with Crippen molar-refractivity contribution in [2.45, 2.75) is 38.3 Å². The summed E-state index contributed by atoms with van der Waals surface area (Å²) in [5.41, 5.74) is 1.15. The van der Waals surface area contributed by atoms with Crippen LogP contribution >= 0.6 is 11.6 Å². The molecule has 2 amide bonds. The summed E-state index contributed by atoms with van der Waals surface area (Å²) in [5.74, 6) is 0.483. The quantitative estimate of drug-likeness (QED) is 0.750. The first-order valence-electron chi connectivity index (χ1n) is 9.28. The molecule has 0 spiro atoms. The zero-order chi connectivity index (χ0) is 19.8. The Morgan fingerprint density at radius 1 is 1.21 bits per heavy atom. The van der Waals surface area contributed by atoms with Crippen LogP contribution in [-0.4, -0.2) is 28.9 Å². The van der Waals surface area contributed by atoms with Crippen LogP contribution in [0.4, 0.5) is 0 Å². The Labute approximate surface area is 168 Å². The van der Waals surface area contributed by atoms with E-state index in [1.54, 1.807) is 24.4 Å². The Morgan fingerprint density at radius 2 is 2.00 bits per heavy atom. The highest BCUT2D eigenvalue weighted by molar-refractivity contribution is 6.31. The molecule has 7 heteroatoms. The molecular weight excluding hydrogens is 378 g/mol. The fourth-order valence-corrected chi connectivity index (χ4v) is 4.33. The third kappa shape index (κ3) is 3.56. The molecule has 0 saturated heterocycles. The highest BCUT2D eigenvalue weighted by Gasteiger charge is 2.72. The first kappa shape index (κ1) is 18.7. The lowest BCUT2D eigenvalue weighted by atomic mass is 9.39. The standard InChI is InChI=1S/C21H22ClN3O3/c1-14-8-16(5-6-17(14)22)28-10-18(26)25-21-11-20(12-21,13-21)19(27)24-9-15-4-2-3-7-23-15/h2-8H,9-13H2,1H3,(H,24,27)(H,25,26). The molecule has 1 aromatic heterocycles. The number of ether oxygens (including phenoxy) is 1. The van der Waals surface area contributed by atoms with Crippen LogP contribution in [0.3, 0.4) is 0 Å². The van der Waals surface area contributed by atoms with Crippen molar-refractivity contribution in [1.29, 1.82) is 0 Å². The third-order valence-electron chi connectivity index (χ3n) is 5.57. The highest BCUT2D eigenvalue weighted by Crippen LogP contribution is 2.67. The van der Waals surface area contributed by atoms with Gasteiger partial charge < -0.3 is 15.4 Å². The van der Waals surface area contributed by atoms with Gasteiger partial charge in [0, 0.05) is 16.8 Å². The summed E-state index contributed by atoms with van der Waals surface area (Å²) in [6.45, 7) is 2.26. The van der Waals surface area contributed by atoms with Gasteiger partial charge in [0.25, 0.3) is 5.91 Å². The van der Waals surface area contributed by atoms with E-state index in [1.165, 1.54) is 0 Å². The van der Waals surface area contributed by atoms with Crippen molar-refractivity contribution in [3.05, 3.63) is 58.9 Å². The van der Waals surface area contributed by atoms with E-state index < -0.39 is 0 Å². The van der Waals surface area contributed by atoms with E-state index in [-0.39, 0.29) is 29.4 Å². The minimum atomic E-state index is -0.337. The van der Waals surface area contributed by atoms with E-state index >= 15 is 0 Å². The maximum absolute atomic E-state index is 12.5. The van der Waals surface area contributed by atoms with Crippen molar-refractivity contribution >= 4 is 23.4 Å². The van der Waals surface area contributed by atoms with Crippen molar-refractivity contribution in [2.75, 3.05) is 6.61 Å². The smallest absolute Gasteiger partial charge is 0.258 e. The number of halogens is 1. The SMILES string of the molecule is Cc1cc(OCC(=O)NC23CC(C(=O)NCc4ccccn4)(C2)C3)ccc1Cl. The van der Waals surface area contributed by atoms with Crippen LogP contribution in [0.1, 0.15) is 30.5 Å². The normalized spacial score (nSPS) is 24.5. The molecule has 5 rings (SSSR count). The fraction of sp³-hybridized carbons (Fsp3) is 0.381. The minimum absolute atomic E-state index is 0.0437. The zero-order valence-corrected chi connectivity index (χ0v) is 16.4. The topological polar surface area (TPSA) is 80.3 Å². The van der Waals surface area contributed by atoms with Gasteiger partial charge in [-0.1, -0.05) is 17.7 Å². The third-order valence-corrected chi connectivity index (χ3v) is 6.00. The molecule has 3 aliphatic rings. The van der Waals surface area contributed by atoms with Crippen LogP contribution in [0.2, 0.25) is 5.02 Å². The molecule has 3 fully saturated rings. The lowest BCUT2D eigenvalue weighted by Crippen LogP contribution is -2.78. The van der Waals surface area contributed by atoms with E-state index in [0.29, 0.717) is 36.6 Å². The van der Waals surface area contributed by atoms with Crippen LogP contribution in [-0.2, 0) is 16.1 Å². The number of nitrogens with zero attached hydrogens (tertiary/aromatic N) is 1. The van der Waals surface area contributed by atoms with Crippen molar-refractivity contribution in [1.82, 2.24) is 15.6 Å². The van der Waals surface area contributed by atoms with Crippen LogP contribution in [0.5, 0.6) is 5.75 Å². The average Bonchev–Trinajstić information content (AvgIpc) is 2.63. The predicted molar refractivity (Wildman–Crippen MR) is 105 cm³/mol. The van der Waals surface area contributed by atoms with Crippen molar-refractivity contribution in [3.8, 4) is 5.75 Å². The van der Waals surface area contributed by atoms with Gasteiger partial charge in [-0.05, 0) is 62.1 Å². The second kappa shape index (κ2) is 7.09. The summed E-state index contributed by atoms with van der Waals surface area (Å²) >= 11 is 5.99. The van der Waals surface area contributed by atoms with Gasteiger partial charge in [0.15, 0.2) is 6.61 Å². The van der Waals surface area contributed by atoms with Gasteiger partial charge >= 0.3 is 0 Å². The Kier molecular flexibility index (Phi) is 4.75. The van der Waals surface area contributed by atoms with Gasteiger partial charge in [0.2, 0.25) is 5.91 Å². The lowest BCUT2D eigenvalue weighted by molar-refractivity contribution is -0.184. The molecule has 2 N–H and O–H groups in total. The number of aryl methyl sites for hydroxylation is 1. The van der Waals surface area contributed by atoms with Crippen LogP contribution in [0.25, 0.3) is 0 Å². The van der Waals surface area contributed by atoms with E-state index in [0.717, 1.165) is 11.3 Å². The van der Waals surface area contributed by atoms with Crippen molar-refractivity contribution < 1.29 is 14.3 Å². The molecule has 3 saturated carbocycles. The Morgan fingerprint density at radius 3 is 2.68 bits per heavy atom. The summed E-state index contributed by atoms with van der Waals surface area (Å²) in [5, 5.41) is 6.65. The second-order valence-electron chi connectivity index (χ2n) is 7.84. The molecule has 2 bridgehead atoms. The number of pyridine rings is 1. The minimum Gasteiger partial charge on any atom is -0.484 e. The van der Waals surface area contributed by atoms with Gasteiger partial charge in [-0.2, -0.15) is 0 Å². The Hall–Kier alpha value is -2.60. The molecule has 0 aliphatic heterocycles. The van der Waals surface area contributed by atoms with Gasteiger partial charge in [-0.3, -0.25) is 14.6 Å². The van der Waals surface area contributed by atoms with Gasteiger partial charge in [0.05, 0.1) is 17.7 Å². The number of rotatable bonds is 7. The molecule has 146 valence electrons. The molecule has 1 heterocycles. The van der Waals surface area contributed by atoms with Crippen LogP contribution in [0.15, 0.2) is 42.6 Å². The summed E-state index contributed by atoms with van der Waals surface area (Å²) in [7, 11) is 0. The molecule has 6 nitrogen and oxygen atoms in total. The van der Waals surface area contributed by atoms with Gasteiger partial charge in [-0.15, -0.1) is 0 Å². The van der Waals surface area contributed by atoms with Gasteiger partial charge in [0.1, 0.15) is 5.75 Å². The number of carbonyl (C=O) groups excluding carboxylic acids is 2. The predicted octanol–water partition coefficient (Wildman–Crippen LogP) is 2.78. The maximum Gasteiger partial charge on any atom is 0.258 e. The molecule has 0 radical (unpaired) electrons. The molecule has 0 unspecified atom stereocenters. The number of hydrogen-bond donors (Lipinski definition) is 2. The first-order valence-corrected chi connectivity index (χ1v) is 9.66. The lowest BCUT2D eigenvalue weighted by Gasteiger charge is -2.69. The van der Waals surface area contributed by atoms with Crippen LogP contribution < -0.4 is 15.4 Å². The number of aromatic nitrogens is 1. The van der Waals surface area contributed by atoms with Crippen molar-refractivity contribution in [2.24, 2.45) is 5.41 Å². The van der Waals surface area contributed by atoms with Crippen molar-refractivity contribution in [3.63, 3.8) is 0 Å². The Bertz CT molecular complexity index is 897. The molecule has 1 aromatic carbocycles. The van der Waals surface area contributed by atoms with E-state index in [1.807, 2.05) is 25.1 Å². The Balaban J connectivity index is 1.21. The fourth-order valence-electron chi connectivity index (χ4n) is 4.21. The van der Waals surface area contributed by atoms with E-state index in [9.17, 15) is 9.59 Å². The summed E-state index contributed by atoms with van der Waals surface area (Å²) < 4.78 is 5.54. The average molecular weight is 400 g/mol. The van der Waals surface area contributed by atoms with Gasteiger partial charge in [-0.25, -0.2) is 0 Å². The van der Waals surface area contributed by atoms with E-state index in [2.05, 4.69) is 15.6 Å². The second-order valence-corrected chi connectivity index (χ2v) is 8.25. The monoisotopic (exact) mass is 399 g/mol. The largest absolute Gasteiger partial charge is 0.484 e. The maximum atomic E-state index is 12.5. The highest BCUT2D eigenvalue weighted by atomic mass is 35.5. The molecule has 2 aromatic rings. The molecule has 28 heavy (non-hydrogen) atoms. The molecular formula is C21H22ClN3O3. The summed E-state index contributed by atoms with van der Waals surface area (Å²) in [6.07, 6.45) is 3.75. The number of hydrogen-bond acceptors (Lipinski definition) is 4. The van der Waals surface area contributed by atoms with E-state index in [4.69, 9.17) is 16.3 Å². The number of amides is 2. The summed E-state index contributed by atoms with van der Waals surface area (Å²) in [6, 6.07) is 10.9. The molecule has 3 aliphatic carbocycles. The number of benzene rings is 1. The summed E-state index contributed by atoms with van der Waals surface area (Å²) in [4.78, 5) is 28.9. The molecule has 0 atom stereocenters. The number of carbonyl (C=O) groups is 2. The first-order chi connectivity index (χ1) is 13.4. The number of nitrogens with one attached hydrogen (secondary N) is 2. The zero-order valence-electron chi connectivity index (χ0n) is 15.6. The van der Waals surface area contributed by atoms with Crippen LogP contribution in [0, 0.1) is 12.3 Å².